The van der Waals surface area contributed by atoms with Crippen LogP contribution in [0.25, 0.3) is 0 Å². The standard InChI is InChI=1S/C13H16BrNO2S/c1-9(16)6-11-4-2-3-5-15(11)13(17)10-7-12(14)18-8-10/h7-8,11H,2-6H2,1H3. The summed E-state index contributed by atoms with van der Waals surface area (Å²) in [5, 5.41) is 1.87. The molecule has 18 heavy (non-hydrogen) atoms. The Morgan fingerprint density at radius 1 is 1.50 bits per heavy atom. The first-order chi connectivity index (χ1) is 8.58. The Bertz CT molecular complexity index is 458. The average Bonchev–Trinajstić information content (AvgIpc) is 2.75. The van der Waals surface area contributed by atoms with Crippen molar-refractivity contribution in [1.29, 1.82) is 0 Å². The van der Waals surface area contributed by atoms with E-state index in [4.69, 9.17) is 0 Å². The van der Waals surface area contributed by atoms with E-state index in [1.807, 2.05) is 16.3 Å². The highest BCUT2D eigenvalue weighted by Gasteiger charge is 2.28. The van der Waals surface area contributed by atoms with Crippen molar-refractivity contribution in [3.63, 3.8) is 0 Å². The minimum atomic E-state index is 0.0582. The Hall–Kier alpha value is -0.680. The second kappa shape index (κ2) is 5.97. The third-order valence-corrected chi connectivity index (χ3v) is 4.73. The van der Waals surface area contributed by atoms with E-state index in [9.17, 15) is 9.59 Å². The third-order valence-electron chi connectivity index (χ3n) is 3.23. The van der Waals surface area contributed by atoms with E-state index in [1.165, 1.54) is 11.3 Å². The van der Waals surface area contributed by atoms with Gasteiger partial charge in [-0.3, -0.25) is 9.59 Å². The Labute approximate surface area is 119 Å². The first-order valence-electron chi connectivity index (χ1n) is 6.12. The number of carbonyl (C=O) groups excluding carboxylic acids is 2. The van der Waals surface area contributed by atoms with Crippen molar-refractivity contribution < 1.29 is 9.59 Å². The summed E-state index contributed by atoms with van der Waals surface area (Å²) in [7, 11) is 0. The number of piperidine rings is 1. The van der Waals surface area contributed by atoms with Crippen LogP contribution in [0.3, 0.4) is 0 Å². The molecule has 1 atom stereocenters. The van der Waals surface area contributed by atoms with Crippen LogP contribution < -0.4 is 0 Å². The van der Waals surface area contributed by atoms with Crippen molar-refractivity contribution >= 4 is 39.0 Å². The molecule has 0 saturated carbocycles. The van der Waals surface area contributed by atoms with Crippen molar-refractivity contribution in [2.75, 3.05) is 6.54 Å². The van der Waals surface area contributed by atoms with E-state index in [1.54, 1.807) is 6.92 Å². The van der Waals surface area contributed by atoms with Crippen LogP contribution in [0.5, 0.6) is 0 Å². The number of Topliss-reactive ketones (excluding diaryl/α,β-unsaturated/α-hetero) is 1. The highest BCUT2D eigenvalue weighted by atomic mass is 79.9. The second-order valence-electron chi connectivity index (χ2n) is 4.69. The van der Waals surface area contributed by atoms with E-state index in [0.717, 1.165) is 35.2 Å². The molecule has 98 valence electrons. The number of carbonyl (C=O) groups is 2. The van der Waals surface area contributed by atoms with Gasteiger partial charge in [-0.05, 0) is 48.2 Å². The largest absolute Gasteiger partial charge is 0.335 e. The molecule has 1 aliphatic heterocycles. The quantitative estimate of drug-likeness (QED) is 0.851. The van der Waals surface area contributed by atoms with Gasteiger partial charge >= 0.3 is 0 Å². The fraction of sp³-hybridized carbons (Fsp3) is 0.538. The fourth-order valence-corrected chi connectivity index (χ4v) is 3.53. The van der Waals surface area contributed by atoms with Crippen LogP contribution >= 0.6 is 27.3 Å². The van der Waals surface area contributed by atoms with Gasteiger partial charge in [0.25, 0.3) is 5.91 Å². The number of hydrogen-bond donors (Lipinski definition) is 0. The van der Waals surface area contributed by atoms with Crippen LogP contribution in [0.2, 0.25) is 0 Å². The molecule has 1 unspecified atom stereocenters. The highest BCUT2D eigenvalue weighted by molar-refractivity contribution is 9.11. The molecule has 1 aliphatic rings. The molecule has 1 amide bonds. The van der Waals surface area contributed by atoms with E-state index in [0.29, 0.717) is 6.42 Å². The number of likely N-dealkylation sites (tertiary alicyclic amines) is 1. The third kappa shape index (κ3) is 3.20. The van der Waals surface area contributed by atoms with Crippen LogP contribution in [0.4, 0.5) is 0 Å². The normalized spacial score (nSPS) is 19.9. The molecule has 5 heteroatoms. The number of nitrogens with zero attached hydrogens (tertiary/aromatic N) is 1. The van der Waals surface area contributed by atoms with Crippen LogP contribution in [-0.4, -0.2) is 29.2 Å². The van der Waals surface area contributed by atoms with Crippen molar-refractivity contribution in [3.8, 4) is 0 Å². The number of halogens is 1. The van der Waals surface area contributed by atoms with Gasteiger partial charge < -0.3 is 4.90 Å². The Kier molecular flexibility index (Phi) is 4.56. The Balaban J connectivity index is 2.13. The first-order valence-corrected chi connectivity index (χ1v) is 7.79. The minimum absolute atomic E-state index is 0.0582. The number of thiophene rings is 1. The zero-order valence-electron chi connectivity index (χ0n) is 10.3. The maximum atomic E-state index is 12.4. The van der Waals surface area contributed by atoms with Crippen LogP contribution in [0.1, 0.15) is 43.0 Å². The topological polar surface area (TPSA) is 37.4 Å². The van der Waals surface area contributed by atoms with Gasteiger partial charge in [-0.2, -0.15) is 0 Å². The lowest BCUT2D eigenvalue weighted by atomic mass is 9.97. The summed E-state index contributed by atoms with van der Waals surface area (Å²) in [4.78, 5) is 25.6. The summed E-state index contributed by atoms with van der Waals surface area (Å²) in [6.45, 7) is 2.36. The van der Waals surface area contributed by atoms with Crippen molar-refractivity contribution in [2.24, 2.45) is 0 Å². The molecule has 0 spiro atoms. The van der Waals surface area contributed by atoms with Crippen molar-refractivity contribution in [1.82, 2.24) is 4.90 Å². The van der Waals surface area contributed by atoms with E-state index >= 15 is 0 Å². The molecule has 0 bridgehead atoms. The SMILES string of the molecule is CC(=O)CC1CCCCN1C(=O)c1csc(Br)c1. The summed E-state index contributed by atoms with van der Waals surface area (Å²) >= 11 is 4.89. The summed E-state index contributed by atoms with van der Waals surface area (Å²) < 4.78 is 0.964. The van der Waals surface area contributed by atoms with Gasteiger partial charge in [-0.25, -0.2) is 0 Å². The lowest BCUT2D eigenvalue weighted by molar-refractivity contribution is -0.118. The average molecular weight is 330 g/mol. The Morgan fingerprint density at radius 2 is 2.28 bits per heavy atom. The van der Waals surface area contributed by atoms with Gasteiger partial charge in [-0.1, -0.05) is 0 Å². The van der Waals surface area contributed by atoms with E-state index in [2.05, 4.69) is 15.9 Å². The molecule has 0 radical (unpaired) electrons. The van der Waals surface area contributed by atoms with Crippen molar-refractivity contribution in [2.45, 2.75) is 38.6 Å². The van der Waals surface area contributed by atoms with Crippen LogP contribution in [0.15, 0.2) is 15.2 Å². The Morgan fingerprint density at radius 3 is 2.89 bits per heavy atom. The summed E-state index contributed by atoms with van der Waals surface area (Å²) in [5.74, 6) is 0.217. The molecule has 2 heterocycles. The molecule has 1 aromatic heterocycles. The minimum Gasteiger partial charge on any atom is -0.335 e. The van der Waals surface area contributed by atoms with Gasteiger partial charge in [0.2, 0.25) is 0 Å². The predicted molar refractivity (Wildman–Crippen MR) is 76.0 cm³/mol. The zero-order valence-corrected chi connectivity index (χ0v) is 12.7. The van der Waals surface area contributed by atoms with Gasteiger partial charge in [0.15, 0.2) is 0 Å². The molecular weight excluding hydrogens is 314 g/mol. The molecule has 1 fully saturated rings. The maximum Gasteiger partial charge on any atom is 0.254 e. The molecular formula is C13H16BrNO2S. The molecule has 1 aromatic rings. The molecule has 0 aromatic carbocycles. The van der Waals surface area contributed by atoms with Crippen molar-refractivity contribution in [3.05, 3.63) is 20.8 Å². The summed E-state index contributed by atoms with van der Waals surface area (Å²) in [6, 6.07) is 1.94. The smallest absolute Gasteiger partial charge is 0.254 e. The summed E-state index contributed by atoms with van der Waals surface area (Å²) in [5.41, 5.74) is 0.724. The van der Waals surface area contributed by atoms with Crippen LogP contribution in [-0.2, 0) is 4.79 Å². The van der Waals surface area contributed by atoms with Gasteiger partial charge in [0, 0.05) is 24.4 Å². The first kappa shape index (κ1) is 13.7. The number of hydrogen-bond acceptors (Lipinski definition) is 3. The molecule has 3 nitrogen and oxygen atoms in total. The monoisotopic (exact) mass is 329 g/mol. The van der Waals surface area contributed by atoms with Gasteiger partial charge in [-0.15, -0.1) is 11.3 Å². The zero-order chi connectivity index (χ0) is 13.1. The number of rotatable bonds is 3. The highest BCUT2D eigenvalue weighted by Crippen LogP contribution is 2.26. The second-order valence-corrected chi connectivity index (χ2v) is 6.98. The van der Waals surface area contributed by atoms with E-state index in [-0.39, 0.29) is 17.7 Å². The molecule has 0 N–H and O–H groups in total. The molecule has 0 aliphatic carbocycles. The van der Waals surface area contributed by atoms with Gasteiger partial charge in [0.05, 0.1) is 9.35 Å². The number of ketones is 1. The fourth-order valence-electron chi connectivity index (χ4n) is 2.40. The summed E-state index contributed by atoms with van der Waals surface area (Å²) in [6.07, 6.45) is 3.56. The number of amides is 1. The van der Waals surface area contributed by atoms with Crippen LogP contribution in [0, 0.1) is 0 Å². The maximum absolute atomic E-state index is 12.4. The lowest BCUT2D eigenvalue weighted by Crippen LogP contribution is -2.44. The van der Waals surface area contributed by atoms with E-state index < -0.39 is 0 Å². The lowest BCUT2D eigenvalue weighted by Gasteiger charge is -2.35. The molecule has 2 rings (SSSR count). The van der Waals surface area contributed by atoms with Gasteiger partial charge in [0.1, 0.15) is 5.78 Å². The predicted octanol–water partition coefficient (Wildman–Crippen LogP) is 3.48. The molecule has 1 saturated heterocycles.